The van der Waals surface area contributed by atoms with Crippen molar-refractivity contribution in [3.05, 3.63) is 64.7 Å². The number of benzene rings is 2. The highest BCUT2D eigenvalue weighted by Crippen LogP contribution is 2.38. The fourth-order valence-electron chi connectivity index (χ4n) is 6.07. The van der Waals surface area contributed by atoms with Crippen LogP contribution in [0.25, 0.3) is 0 Å². The van der Waals surface area contributed by atoms with E-state index in [1.807, 2.05) is 24.3 Å². The van der Waals surface area contributed by atoms with Gasteiger partial charge in [0.05, 0.1) is 11.1 Å². The van der Waals surface area contributed by atoms with Crippen LogP contribution in [0.5, 0.6) is 5.75 Å². The number of aryl methyl sites for hydroxylation is 1. The minimum atomic E-state index is -0.399. The molecule has 1 aliphatic rings. The summed E-state index contributed by atoms with van der Waals surface area (Å²) in [6.45, 7) is 4.51. The van der Waals surface area contributed by atoms with E-state index in [4.69, 9.17) is 4.74 Å². The molecule has 2 aromatic carbocycles. The Morgan fingerprint density at radius 3 is 2.05 bits per heavy atom. The van der Waals surface area contributed by atoms with Crippen LogP contribution in [-0.4, -0.2) is 5.97 Å². The summed E-state index contributed by atoms with van der Waals surface area (Å²) in [5, 5.41) is 9.64. The first kappa shape index (κ1) is 30.9. The quantitative estimate of drug-likeness (QED) is 0.116. The first-order valence-corrected chi connectivity index (χ1v) is 16.0. The van der Waals surface area contributed by atoms with Crippen molar-refractivity contribution in [2.45, 2.75) is 135 Å². The molecule has 0 N–H and O–H groups in total. The van der Waals surface area contributed by atoms with Gasteiger partial charge in [-0.05, 0) is 85.8 Å². The summed E-state index contributed by atoms with van der Waals surface area (Å²) in [6, 6.07) is 15.8. The van der Waals surface area contributed by atoms with Crippen LogP contribution in [0.3, 0.4) is 0 Å². The van der Waals surface area contributed by atoms with Crippen LogP contribution in [0.4, 0.5) is 0 Å². The van der Waals surface area contributed by atoms with Gasteiger partial charge in [0.25, 0.3) is 0 Å². The van der Waals surface area contributed by atoms with Crippen LogP contribution in [0.1, 0.15) is 156 Å². The normalized spacial score (nSPS) is 17.1. The molecule has 0 radical (unpaired) electrons. The molecule has 0 heterocycles. The Labute approximate surface area is 238 Å². The molecular weight excluding hydrogens is 478 g/mol. The second kappa shape index (κ2) is 17.9. The van der Waals surface area contributed by atoms with Gasteiger partial charge in [-0.15, -0.1) is 0 Å². The third kappa shape index (κ3) is 10.8. The molecule has 212 valence electrons. The van der Waals surface area contributed by atoms with Crippen molar-refractivity contribution in [3.8, 4) is 11.8 Å². The molecule has 3 heteroatoms. The van der Waals surface area contributed by atoms with Crippen LogP contribution in [0.2, 0.25) is 0 Å². The standard InChI is InChI=1S/C36H51NO2/c1-3-5-7-9-11-13-15-29-17-20-31(21-18-29)32-22-24-33(25-23-32)36(38)39-35-26-19-30(27-34(35)28-37)16-14-12-10-8-6-4-2/h19,22-27,29,31H,3-18,20-21H2,1-2H3. The van der Waals surface area contributed by atoms with E-state index in [0.717, 1.165) is 24.3 Å². The number of unbranched alkanes of at least 4 members (excludes halogenated alkanes) is 10. The van der Waals surface area contributed by atoms with Crippen molar-refractivity contribution < 1.29 is 9.53 Å². The summed E-state index contributed by atoms with van der Waals surface area (Å²) >= 11 is 0. The average molecular weight is 530 g/mol. The predicted octanol–water partition coefficient (Wildman–Crippen LogP) is 10.7. The number of hydrogen-bond donors (Lipinski definition) is 0. The molecule has 0 spiro atoms. The first-order valence-electron chi connectivity index (χ1n) is 16.0. The molecule has 0 aliphatic heterocycles. The summed E-state index contributed by atoms with van der Waals surface area (Å²) in [4.78, 5) is 12.8. The van der Waals surface area contributed by atoms with E-state index in [1.165, 1.54) is 108 Å². The van der Waals surface area contributed by atoms with Crippen LogP contribution in [0, 0.1) is 17.2 Å². The number of ether oxygens (including phenoxy) is 1. The zero-order valence-electron chi connectivity index (χ0n) is 24.7. The lowest BCUT2D eigenvalue weighted by Gasteiger charge is -2.29. The largest absolute Gasteiger partial charge is 0.422 e. The van der Waals surface area contributed by atoms with Gasteiger partial charge < -0.3 is 4.74 Å². The summed E-state index contributed by atoms with van der Waals surface area (Å²) in [5.41, 5.74) is 3.44. The Morgan fingerprint density at radius 2 is 1.41 bits per heavy atom. The van der Waals surface area contributed by atoms with Crippen LogP contribution < -0.4 is 4.74 Å². The molecule has 1 saturated carbocycles. The van der Waals surface area contributed by atoms with Gasteiger partial charge in [0.15, 0.2) is 0 Å². The average Bonchev–Trinajstić information content (AvgIpc) is 2.97. The minimum Gasteiger partial charge on any atom is -0.422 e. The molecule has 1 aliphatic carbocycles. The zero-order valence-corrected chi connectivity index (χ0v) is 24.7. The Hall–Kier alpha value is -2.60. The molecule has 2 aromatic rings. The van der Waals surface area contributed by atoms with Gasteiger partial charge >= 0.3 is 5.97 Å². The van der Waals surface area contributed by atoms with E-state index in [2.05, 4.69) is 32.0 Å². The number of carbonyl (C=O) groups excluding carboxylic acids is 1. The number of nitriles is 1. The maximum Gasteiger partial charge on any atom is 0.343 e. The summed E-state index contributed by atoms with van der Waals surface area (Å²) in [7, 11) is 0. The molecule has 0 atom stereocenters. The van der Waals surface area contributed by atoms with Crippen molar-refractivity contribution in [3.63, 3.8) is 0 Å². The number of hydrogen-bond acceptors (Lipinski definition) is 3. The topological polar surface area (TPSA) is 50.1 Å². The Balaban J connectivity index is 1.43. The van der Waals surface area contributed by atoms with Crippen molar-refractivity contribution in [2.24, 2.45) is 5.92 Å². The number of carbonyl (C=O) groups is 1. The van der Waals surface area contributed by atoms with E-state index in [9.17, 15) is 10.1 Å². The fourth-order valence-corrected chi connectivity index (χ4v) is 6.07. The summed E-state index contributed by atoms with van der Waals surface area (Å²) < 4.78 is 5.65. The second-order valence-corrected chi connectivity index (χ2v) is 11.7. The molecule has 3 rings (SSSR count). The molecule has 39 heavy (non-hydrogen) atoms. The van der Waals surface area contributed by atoms with Gasteiger partial charge in [-0.25, -0.2) is 4.79 Å². The highest BCUT2D eigenvalue weighted by atomic mass is 16.5. The van der Waals surface area contributed by atoms with Gasteiger partial charge in [0.2, 0.25) is 0 Å². The molecular formula is C36H51NO2. The number of rotatable bonds is 17. The minimum absolute atomic E-state index is 0.349. The Bertz CT molecular complexity index is 1010. The summed E-state index contributed by atoms with van der Waals surface area (Å²) in [5.74, 6) is 1.44. The highest BCUT2D eigenvalue weighted by molar-refractivity contribution is 5.91. The van der Waals surface area contributed by atoms with Crippen molar-refractivity contribution >= 4 is 5.97 Å². The van der Waals surface area contributed by atoms with Gasteiger partial charge in [-0.1, -0.05) is 109 Å². The highest BCUT2D eigenvalue weighted by Gasteiger charge is 2.22. The smallest absolute Gasteiger partial charge is 0.343 e. The third-order valence-corrected chi connectivity index (χ3v) is 8.62. The van der Waals surface area contributed by atoms with Crippen molar-refractivity contribution in [2.75, 3.05) is 0 Å². The molecule has 0 bridgehead atoms. The van der Waals surface area contributed by atoms with Crippen LogP contribution >= 0.6 is 0 Å². The maximum atomic E-state index is 12.8. The molecule has 1 fully saturated rings. The van der Waals surface area contributed by atoms with Crippen LogP contribution in [0.15, 0.2) is 42.5 Å². The Kier molecular flexibility index (Phi) is 14.2. The van der Waals surface area contributed by atoms with Crippen LogP contribution in [-0.2, 0) is 6.42 Å². The monoisotopic (exact) mass is 529 g/mol. The lowest BCUT2D eigenvalue weighted by molar-refractivity contribution is 0.0734. The van der Waals surface area contributed by atoms with Crippen molar-refractivity contribution in [1.82, 2.24) is 0 Å². The Morgan fingerprint density at radius 1 is 0.795 bits per heavy atom. The third-order valence-electron chi connectivity index (χ3n) is 8.62. The zero-order chi connectivity index (χ0) is 27.7. The van der Waals surface area contributed by atoms with E-state index >= 15 is 0 Å². The van der Waals surface area contributed by atoms with Gasteiger partial charge in [0.1, 0.15) is 11.8 Å². The number of nitrogens with zero attached hydrogens (tertiary/aromatic N) is 1. The van der Waals surface area contributed by atoms with E-state index in [-0.39, 0.29) is 0 Å². The summed E-state index contributed by atoms with van der Waals surface area (Å²) in [6.07, 6.45) is 23.3. The predicted molar refractivity (Wildman–Crippen MR) is 162 cm³/mol. The van der Waals surface area contributed by atoms with Gasteiger partial charge in [-0.2, -0.15) is 5.26 Å². The maximum absolute atomic E-state index is 12.8. The SMILES string of the molecule is CCCCCCCCc1ccc(OC(=O)c2ccc(C3CCC(CCCCCCCC)CC3)cc2)c(C#N)c1. The lowest BCUT2D eigenvalue weighted by Crippen LogP contribution is -2.14. The fraction of sp³-hybridized carbons (Fsp3) is 0.611. The van der Waals surface area contributed by atoms with E-state index in [1.54, 1.807) is 6.07 Å². The second-order valence-electron chi connectivity index (χ2n) is 11.7. The molecule has 3 nitrogen and oxygen atoms in total. The van der Waals surface area contributed by atoms with Gasteiger partial charge in [-0.3, -0.25) is 0 Å². The van der Waals surface area contributed by atoms with Crippen molar-refractivity contribution in [1.29, 1.82) is 5.26 Å². The first-order chi connectivity index (χ1) is 19.1. The number of esters is 1. The van der Waals surface area contributed by atoms with E-state index in [0.29, 0.717) is 22.8 Å². The molecule has 0 aromatic heterocycles. The molecule has 0 saturated heterocycles. The molecule has 0 unspecified atom stereocenters. The lowest BCUT2D eigenvalue weighted by atomic mass is 9.77. The molecule has 0 amide bonds. The van der Waals surface area contributed by atoms with E-state index < -0.39 is 5.97 Å². The van der Waals surface area contributed by atoms with Gasteiger partial charge in [0, 0.05) is 0 Å².